The van der Waals surface area contributed by atoms with Gasteiger partial charge in [0.2, 0.25) is 0 Å². The van der Waals surface area contributed by atoms with E-state index in [1.807, 2.05) is 42.5 Å². The van der Waals surface area contributed by atoms with E-state index in [2.05, 4.69) is 17.1 Å². The van der Waals surface area contributed by atoms with E-state index in [-0.39, 0.29) is 0 Å². The number of halogens is 1. The summed E-state index contributed by atoms with van der Waals surface area (Å²) >= 11 is 7.95. The smallest absolute Gasteiger partial charge is 0.145 e. The van der Waals surface area contributed by atoms with Crippen LogP contribution in [0, 0.1) is 0 Å². The predicted molar refractivity (Wildman–Crippen MR) is 89.4 cm³/mol. The zero-order chi connectivity index (χ0) is 14.5. The highest BCUT2D eigenvalue weighted by Gasteiger charge is 2.06. The average molecular weight is 316 g/mol. The van der Waals surface area contributed by atoms with Gasteiger partial charge in [-0.25, -0.2) is 0 Å². The molecule has 0 fully saturated rings. The SMILES string of the molecule is Clc1ccc(OCCSc2ccccc2)c2ncccc12. The number of thioether (sulfide) groups is 1. The predicted octanol–water partition coefficient (Wildman–Crippen LogP) is 5.06. The minimum atomic E-state index is 0.632. The Morgan fingerprint density at radius 3 is 2.71 bits per heavy atom. The van der Waals surface area contributed by atoms with Crippen molar-refractivity contribution in [3.63, 3.8) is 0 Å². The highest BCUT2D eigenvalue weighted by atomic mass is 35.5. The van der Waals surface area contributed by atoms with Crippen molar-refractivity contribution in [2.75, 3.05) is 12.4 Å². The maximum absolute atomic E-state index is 6.17. The van der Waals surface area contributed by atoms with Crippen molar-refractivity contribution in [2.45, 2.75) is 4.90 Å². The van der Waals surface area contributed by atoms with E-state index < -0.39 is 0 Å². The molecule has 21 heavy (non-hydrogen) atoms. The Morgan fingerprint density at radius 1 is 1.00 bits per heavy atom. The maximum atomic E-state index is 6.17. The largest absolute Gasteiger partial charge is 0.490 e. The Kier molecular flexibility index (Phi) is 4.63. The Hall–Kier alpha value is -1.71. The lowest BCUT2D eigenvalue weighted by Gasteiger charge is -2.09. The highest BCUT2D eigenvalue weighted by Crippen LogP contribution is 2.29. The minimum absolute atomic E-state index is 0.632. The van der Waals surface area contributed by atoms with Gasteiger partial charge in [0.25, 0.3) is 0 Å². The number of hydrogen-bond donors (Lipinski definition) is 0. The first-order valence-electron chi connectivity index (χ1n) is 6.68. The molecule has 2 nitrogen and oxygen atoms in total. The second-order valence-electron chi connectivity index (χ2n) is 4.46. The molecular formula is C17H14ClNOS. The summed E-state index contributed by atoms with van der Waals surface area (Å²) in [5.41, 5.74) is 0.815. The normalized spacial score (nSPS) is 10.7. The van der Waals surface area contributed by atoms with Gasteiger partial charge in [0.05, 0.1) is 11.6 Å². The molecule has 2 aromatic carbocycles. The molecule has 1 heterocycles. The van der Waals surface area contributed by atoms with Crippen molar-refractivity contribution in [1.29, 1.82) is 0 Å². The fourth-order valence-corrected chi connectivity index (χ4v) is 3.02. The van der Waals surface area contributed by atoms with Gasteiger partial charge < -0.3 is 4.74 Å². The van der Waals surface area contributed by atoms with Gasteiger partial charge in [0, 0.05) is 22.2 Å². The molecule has 3 aromatic rings. The molecule has 4 heteroatoms. The molecule has 0 bridgehead atoms. The Bertz CT molecular complexity index is 733. The summed E-state index contributed by atoms with van der Waals surface area (Å²) in [6, 6.07) is 17.9. The van der Waals surface area contributed by atoms with E-state index >= 15 is 0 Å². The summed E-state index contributed by atoms with van der Waals surface area (Å²) in [4.78, 5) is 5.61. The van der Waals surface area contributed by atoms with E-state index in [4.69, 9.17) is 16.3 Å². The summed E-state index contributed by atoms with van der Waals surface area (Å²) in [5.74, 6) is 1.67. The van der Waals surface area contributed by atoms with Crippen molar-refractivity contribution < 1.29 is 4.74 Å². The first kappa shape index (κ1) is 14.2. The molecule has 0 aliphatic heterocycles. The Balaban J connectivity index is 1.65. The lowest BCUT2D eigenvalue weighted by atomic mass is 10.2. The van der Waals surface area contributed by atoms with E-state index in [9.17, 15) is 0 Å². The molecule has 0 saturated carbocycles. The van der Waals surface area contributed by atoms with Gasteiger partial charge in [-0.1, -0.05) is 29.8 Å². The van der Waals surface area contributed by atoms with Crippen LogP contribution < -0.4 is 4.74 Å². The summed E-state index contributed by atoms with van der Waals surface area (Å²) in [7, 11) is 0. The third kappa shape index (κ3) is 3.49. The second-order valence-corrected chi connectivity index (χ2v) is 6.03. The highest BCUT2D eigenvalue weighted by molar-refractivity contribution is 7.99. The van der Waals surface area contributed by atoms with Gasteiger partial charge in [0.15, 0.2) is 0 Å². The molecule has 0 N–H and O–H groups in total. The van der Waals surface area contributed by atoms with Crippen LogP contribution in [0.15, 0.2) is 65.7 Å². The number of pyridine rings is 1. The fourth-order valence-electron chi connectivity index (χ4n) is 2.06. The van der Waals surface area contributed by atoms with Gasteiger partial charge in [-0.15, -0.1) is 11.8 Å². The van der Waals surface area contributed by atoms with Crippen molar-refractivity contribution in [3.8, 4) is 5.75 Å². The molecule has 0 spiro atoms. The number of nitrogens with zero attached hydrogens (tertiary/aromatic N) is 1. The number of rotatable bonds is 5. The van der Waals surface area contributed by atoms with E-state index in [1.54, 1.807) is 18.0 Å². The van der Waals surface area contributed by atoms with Gasteiger partial charge in [0.1, 0.15) is 11.3 Å². The van der Waals surface area contributed by atoms with Crippen molar-refractivity contribution in [2.24, 2.45) is 0 Å². The molecule has 0 saturated heterocycles. The van der Waals surface area contributed by atoms with E-state index in [1.165, 1.54) is 4.90 Å². The van der Waals surface area contributed by atoms with Crippen LogP contribution in [0.1, 0.15) is 0 Å². The third-order valence-electron chi connectivity index (χ3n) is 3.03. The topological polar surface area (TPSA) is 22.1 Å². The second kappa shape index (κ2) is 6.83. The van der Waals surface area contributed by atoms with Crippen LogP contribution >= 0.6 is 23.4 Å². The van der Waals surface area contributed by atoms with Gasteiger partial charge in [-0.3, -0.25) is 4.98 Å². The van der Waals surface area contributed by atoms with Crippen LogP contribution in [0.3, 0.4) is 0 Å². The summed E-state index contributed by atoms with van der Waals surface area (Å²) in [5, 5.41) is 1.62. The first-order valence-corrected chi connectivity index (χ1v) is 8.05. The molecule has 106 valence electrons. The lowest BCUT2D eigenvalue weighted by Crippen LogP contribution is -2.01. The zero-order valence-corrected chi connectivity index (χ0v) is 12.9. The third-order valence-corrected chi connectivity index (χ3v) is 4.34. The van der Waals surface area contributed by atoms with Gasteiger partial charge >= 0.3 is 0 Å². The quantitative estimate of drug-likeness (QED) is 0.485. The summed E-state index contributed by atoms with van der Waals surface area (Å²) < 4.78 is 5.85. The minimum Gasteiger partial charge on any atom is -0.490 e. The zero-order valence-electron chi connectivity index (χ0n) is 11.3. The van der Waals surface area contributed by atoms with Crippen LogP contribution in [-0.4, -0.2) is 17.3 Å². The van der Waals surface area contributed by atoms with Crippen LogP contribution in [0.2, 0.25) is 5.02 Å². The van der Waals surface area contributed by atoms with Crippen LogP contribution in [0.4, 0.5) is 0 Å². The maximum Gasteiger partial charge on any atom is 0.145 e. The van der Waals surface area contributed by atoms with Crippen LogP contribution in [-0.2, 0) is 0 Å². The molecule has 0 radical (unpaired) electrons. The Morgan fingerprint density at radius 2 is 1.86 bits per heavy atom. The molecule has 0 aliphatic carbocycles. The number of aromatic nitrogens is 1. The summed E-state index contributed by atoms with van der Waals surface area (Å²) in [6.45, 7) is 0.632. The van der Waals surface area contributed by atoms with Gasteiger partial charge in [-0.05, 0) is 36.4 Å². The average Bonchev–Trinajstić information content (AvgIpc) is 2.55. The number of benzene rings is 2. The molecular weight excluding hydrogens is 302 g/mol. The molecule has 1 aromatic heterocycles. The number of ether oxygens (including phenoxy) is 1. The molecule has 0 unspecified atom stereocenters. The number of fused-ring (bicyclic) bond motifs is 1. The molecule has 0 atom stereocenters. The van der Waals surface area contributed by atoms with Crippen LogP contribution in [0.5, 0.6) is 5.75 Å². The molecule has 3 rings (SSSR count). The van der Waals surface area contributed by atoms with E-state index in [0.29, 0.717) is 11.6 Å². The first-order chi connectivity index (χ1) is 10.3. The molecule has 0 aliphatic rings. The van der Waals surface area contributed by atoms with Crippen LogP contribution in [0.25, 0.3) is 10.9 Å². The Labute approximate surface area is 133 Å². The molecule has 0 amide bonds. The van der Waals surface area contributed by atoms with E-state index in [0.717, 1.165) is 22.4 Å². The number of hydrogen-bond acceptors (Lipinski definition) is 3. The van der Waals surface area contributed by atoms with Crippen molar-refractivity contribution >= 4 is 34.3 Å². The fraction of sp³-hybridized carbons (Fsp3) is 0.118. The monoisotopic (exact) mass is 315 g/mol. The standard InChI is InChI=1S/C17H14ClNOS/c18-15-8-9-16(17-14(15)7-4-10-19-17)20-11-12-21-13-5-2-1-3-6-13/h1-10H,11-12H2. The summed E-state index contributed by atoms with van der Waals surface area (Å²) in [6.07, 6.45) is 1.75. The van der Waals surface area contributed by atoms with Crippen molar-refractivity contribution in [1.82, 2.24) is 4.98 Å². The lowest BCUT2D eigenvalue weighted by molar-refractivity contribution is 0.347. The van der Waals surface area contributed by atoms with Gasteiger partial charge in [-0.2, -0.15) is 0 Å². The van der Waals surface area contributed by atoms with Crippen molar-refractivity contribution in [3.05, 3.63) is 65.8 Å².